The monoisotopic (exact) mass is 362 g/mol. The highest BCUT2D eigenvalue weighted by Gasteiger charge is 2.37. The molecule has 0 atom stereocenters. The molecule has 2 aliphatic rings. The zero-order chi connectivity index (χ0) is 18.6. The highest BCUT2D eigenvalue weighted by atomic mass is 16.5. The van der Waals surface area contributed by atoms with Crippen LogP contribution in [-0.4, -0.2) is 74.5 Å². The topological polar surface area (TPSA) is 45.2 Å². The third-order valence-corrected chi connectivity index (χ3v) is 5.70. The molecule has 0 unspecified atom stereocenters. The first-order valence-electron chi connectivity index (χ1n) is 9.80. The average molecular weight is 363 g/mol. The molecule has 1 aromatic rings. The Hall–Kier alpha value is -1.14. The Morgan fingerprint density at radius 3 is 2.23 bits per heavy atom. The summed E-state index contributed by atoms with van der Waals surface area (Å²) in [4.78, 5) is 5.02. The molecule has 2 aliphatic heterocycles. The van der Waals surface area contributed by atoms with Crippen molar-refractivity contribution in [3.05, 3.63) is 29.8 Å². The number of hydrogen-bond donors (Lipinski definition) is 1. The van der Waals surface area contributed by atoms with Crippen molar-refractivity contribution in [2.75, 3.05) is 59.6 Å². The maximum atomic E-state index is 11.2. The van der Waals surface area contributed by atoms with Crippen molar-refractivity contribution in [3.8, 4) is 5.75 Å². The standard InChI is InChI=1S/C21H34N2O3/c1-20(2,17-23-12-14-26-15-13-23)16-22-10-8-21(24,9-11-22)18-6-4-5-7-19(18)25-3/h4-7,24H,8-17H2,1-3H3. The number of ether oxygens (including phenoxy) is 2. The third-order valence-electron chi connectivity index (χ3n) is 5.70. The van der Waals surface area contributed by atoms with Crippen molar-refractivity contribution in [1.82, 2.24) is 9.80 Å². The van der Waals surface area contributed by atoms with Gasteiger partial charge in [0.2, 0.25) is 0 Å². The summed E-state index contributed by atoms with van der Waals surface area (Å²) in [5.74, 6) is 0.788. The smallest absolute Gasteiger partial charge is 0.124 e. The molecule has 0 radical (unpaired) electrons. The molecule has 26 heavy (non-hydrogen) atoms. The summed E-state index contributed by atoms with van der Waals surface area (Å²) in [6, 6.07) is 7.87. The van der Waals surface area contributed by atoms with Gasteiger partial charge in [-0.15, -0.1) is 0 Å². The van der Waals surface area contributed by atoms with Crippen LogP contribution in [0.4, 0.5) is 0 Å². The van der Waals surface area contributed by atoms with E-state index in [2.05, 4.69) is 23.6 Å². The minimum absolute atomic E-state index is 0.233. The molecule has 2 fully saturated rings. The molecule has 0 spiro atoms. The van der Waals surface area contributed by atoms with E-state index in [-0.39, 0.29) is 5.41 Å². The Balaban J connectivity index is 1.56. The molecule has 0 amide bonds. The van der Waals surface area contributed by atoms with Crippen LogP contribution in [-0.2, 0) is 10.3 Å². The van der Waals surface area contributed by atoms with Gasteiger partial charge in [-0.25, -0.2) is 0 Å². The summed E-state index contributed by atoms with van der Waals surface area (Å²) >= 11 is 0. The summed E-state index contributed by atoms with van der Waals surface area (Å²) in [7, 11) is 1.67. The molecule has 2 heterocycles. The van der Waals surface area contributed by atoms with Crippen molar-refractivity contribution >= 4 is 0 Å². The first kappa shape index (κ1) is 19.6. The molecule has 2 saturated heterocycles. The van der Waals surface area contributed by atoms with Gasteiger partial charge in [0.05, 0.1) is 25.9 Å². The molecule has 1 N–H and O–H groups in total. The molecule has 0 bridgehead atoms. The lowest BCUT2D eigenvalue weighted by Crippen LogP contribution is -2.49. The van der Waals surface area contributed by atoms with Gasteiger partial charge in [0, 0.05) is 44.8 Å². The van der Waals surface area contributed by atoms with Crippen LogP contribution in [0.15, 0.2) is 24.3 Å². The normalized spacial score (nSPS) is 22.3. The summed E-state index contributed by atoms with van der Waals surface area (Å²) in [6.07, 6.45) is 1.50. The number of piperidine rings is 1. The molecule has 146 valence electrons. The second-order valence-electron chi connectivity index (χ2n) is 8.56. The van der Waals surface area contributed by atoms with Crippen LogP contribution in [0.2, 0.25) is 0 Å². The van der Waals surface area contributed by atoms with E-state index in [1.165, 1.54) is 0 Å². The van der Waals surface area contributed by atoms with E-state index < -0.39 is 5.60 Å². The second kappa shape index (κ2) is 8.26. The fraction of sp³-hybridized carbons (Fsp3) is 0.714. The van der Waals surface area contributed by atoms with Crippen LogP contribution >= 0.6 is 0 Å². The van der Waals surface area contributed by atoms with Crippen molar-refractivity contribution in [1.29, 1.82) is 0 Å². The molecule has 0 saturated carbocycles. The van der Waals surface area contributed by atoms with E-state index in [4.69, 9.17) is 9.47 Å². The molecule has 3 rings (SSSR count). The van der Waals surface area contributed by atoms with Crippen molar-refractivity contribution in [2.24, 2.45) is 5.41 Å². The number of likely N-dealkylation sites (tertiary alicyclic amines) is 1. The molecule has 0 aromatic heterocycles. The zero-order valence-corrected chi connectivity index (χ0v) is 16.5. The average Bonchev–Trinajstić information content (AvgIpc) is 2.64. The number of rotatable bonds is 6. The largest absolute Gasteiger partial charge is 0.496 e. The number of morpholine rings is 1. The number of para-hydroxylation sites is 1. The van der Waals surface area contributed by atoms with E-state index in [0.717, 1.165) is 76.6 Å². The number of methoxy groups -OCH3 is 1. The molecular formula is C21H34N2O3. The SMILES string of the molecule is COc1ccccc1C1(O)CCN(CC(C)(C)CN2CCOCC2)CC1. The Morgan fingerprint density at radius 1 is 1.04 bits per heavy atom. The fourth-order valence-corrected chi connectivity index (χ4v) is 4.40. The van der Waals surface area contributed by atoms with Crippen LogP contribution in [0, 0.1) is 5.41 Å². The Labute approximate surface area is 157 Å². The molecular weight excluding hydrogens is 328 g/mol. The summed E-state index contributed by atoms with van der Waals surface area (Å²) in [5.41, 5.74) is 0.379. The predicted octanol–water partition coefficient (Wildman–Crippen LogP) is 2.34. The Morgan fingerprint density at radius 2 is 1.62 bits per heavy atom. The summed E-state index contributed by atoms with van der Waals surface area (Å²) < 4.78 is 10.9. The van der Waals surface area contributed by atoms with Crippen LogP contribution in [0.3, 0.4) is 0 Å². The van der Waals surface area contributed by atoms with Crippen molar-refractivity contribution in [3.63, 3.8) is 0 Å². The maximum Gasteiger partial charge on any atom is 0.124 e. The van der Waals surface area contributed by atoms with Gasteiger partial charge in [-0.1, -0.05) is 32.0 Å². The Bertz CT molecular complexity index is 576. The Kier molecular flexibility index (Phi) is 6.23. The second-order valence-corrected chi connectivity index (χ2v) is 8.56. The van der Waals surface area contributed by atoms with E-state index in [0.29, 0.717) is 0 Å². The van der Waals surface area contributed by atoms with Gasteiger partial charge in [0.15, 0.2) is 0 Å². The van der Waals surface area contributed by atoms with Crippen LogP contribution in [0.1, 0.15) is 32.3 Å². The fourth-order valence-electron chi connectivity index (χ4n) is 4.40. The predicted molar refractivity (Wildman–Crippen MR) is 104 cm³/mol. The van der Waals surface area contributed by atoms with E-state index in [1.54, 1.807) is 7.11 Å². The highest BCUT2D eigenvalue weighted by Crippen LogP contribution is 2.38. The quantitative estimate of drug-likeness (QED) is 0.842. The zero-order valence-electron chi connectivity index (χ0n) is 16.5. The van der Waals surface area contributed by atoms with Crippen molar-refractivity contribution < 1.29 is 14.6 Å². The summed E-state index contributed by atoms with van der Waals surface area (Å²) in [5, 5.41) is 11.2. The molecule has 5 heteroatoms. The summed E-state index contributed by atoms with van der Waals surface area (Å²) in [6.45, 7) is 12.5. The van der Waals surface area contributed by atoms with E-state index in [1.807, 2.05) is 24.3 Å². The van der Waals surface area contributed by atoms with Gasteiger partial charge in [0.1, 0.15) is 5.75 Å². The van der Waals surface area contributed by atoms with Gasteiger partial charge < -0.3 is 19.5 Å². The van der Waals surface area contributed by atoms with Gasteiger partial charge in [-0.05, 0) is 24.3 Å². The molecule has 1 aromatic carbocycles. The maximum absolute atomic E-state index is 11.2. The van der Waals surface area contributed by atoms with E-state index in [9.17, 15) is 5.11 Å². The lowest BCUT2D eigenvalue weighted by molar-refractivity contribution is -0.0388. The highest BCUT2D eigenvalue weighted by molar-refractivity contribution is 5.38. The van der Waals surface area contributed by atoms with Gasteiger partial charge >= 0.3 is 0 Å². The lowest BCUT2D eigenvalue weighted by atomic mass is 9.82. The molecule has 5 nitrogen and oxygen atoms in total. The first-order chi connectivity index (χ1) is 12.4. The minimum Gasteiger partial charge on any atom is -0.496 e. The van der Waals surface area contributed by atoms with Gasteiger partial charge in [-0.2, -0.15) is 0 Å². The first-order valence-corrected chi connectivity index (χ1v) is 9.80. The van der Waals surface area contributed by atoms with Crippen LogP contribution < -0.4 is 4.74 Å². The number of benzene rings is 1. The van der Waals surface area contributed by atoms with Crippen LogP contribution in [0.5, 0.6) is 5.75 Å². The molecule has 0 aliphatic carbocycles. The number of hydrogen-bond acceptors (Lipinski definition) is 5. The van der Waals surface area contributed by atoms with Gasteiger partial charge in [-0.3, -0.25) is 4.90 Å². The minimum atomic E-state index is -0.780. The van der Waals surface area contributed by atoms with E-state index >= 15 is 0 Å². The lowest BCUT2D eigenvalue weighted by Gasteiger charge is -2.43. The number of aliphatic hydroxyl groups is 1. The van der Waals surface area contributed by atoms with Crippen molar-refractivity contribution in [2.45, 2.75) is 32.3 Å². The third kappa shape index (κ3) is 4.77. The van der Waals surface area contributed by atoms with Crippen LogP contribution in [0.25, 0.3) is 0 Å². The van der Waals surface area contributed by atoms with Gasteiger partial charge in [0.25, 0.3) is 0 Å². The number of nitrogens with zero attached hydrogens (tertiary/aromatic N) is 2.